The lowest BCUT2D eigenvalue weighted by Gasteiger charge is -2.30. The minimum atomic E-state index is -3.92. The summed E-state index contributed by atoms with van der Waals surface area (Å²) in [6.07, 6.45) is 3.08. The van der Waals surface area contributed by atoms with Gasteiger partial charge < -0.3 is 20.3 Å². The number of rotatable bonds is 8. The predicted molar refractivity (Wildman–Crippen MR) is 129 cm³/mol. The van der Waals surface area contributed by atoms with Crippen LogP contribution in [0.1, 0.15) is 16.1 Å². The molecule has 10 nitrogen and oxygen atoms in total. The van der Waals surface area contributed by atoms with E-state index in [1.165, 1.54) is 31.5 Å². The van der Waals surface area contributed by atoms with Crippen LogP contribution in [0, 0.1) is 0 Å². The molecule has 34 heavy (non-hydrogen) atoms. The highest BCUT2D eigenvalue weighted by atomic mass is 32.2. The molecule has 1 saturated heterocycles. The molecule has 0 unspecified atom stereocenters. The lowest BCUT2D eigenvalue weighted by atomic mass is 10.2. The van der Waals surface area contributed by atoms with Crippen molar-refractivity contribution >= 4 is 27.4 Å². The number of aromatic nitrogens is 2. The molecule has 0 bridgehead atoms. The molecule has 1 fully saturated rings. The average Bonchev–Trinajstić information content (AvgIpc) is 2.88. The fourth-order valence-corrected chi connectivity index (χ4v) is 4.63. The Morgan fingerprint density at radius 2 is 1.94 bits per heavy atom. The van der Waals surface area contributed by atoms with Crippen LogP contribution in [0.3, 0.4) is 0 Å². The number of anilines is 2. The standard InChI is InChI=1S/C23H26N6O4S/c1-33-19-6-4-7-20(14-19)34(31,32)28-18-13-21(22(26-16-18)29-11-9-24-10-12-29)23(30)27-15-17-5-2-3-8-25-17/h2-8,13-14,16,24,28H,9-12,15H2,1H3,(H,27,30). The molecule has 0 saturated carbocycles. The first-order valence-electron chi connectivity index (χ1n) is 10.8. The third-order valence-electron chi connectivity index (χ3n) is 5.29. The van der Waals surface area contributed by atoms with E-state index in [1.54, 1.807) is 24.4 Å². The van der Waals surface area contributed by atoms with E-state index < -0.39 is 10.0 Å². The van der Waals surface area contributed by atoms with E-state index in [-0.39, 0.29) is 28.6 Å². The number of sulfonamides is 1. The molecule has 1 aliphatic heterocycles. The molecular weight excluding hydrogens is 456 g/mol. The van der Waals surface area contributed by atoms with Gasteiger partial charge in [-0.05, 0) is 30.3 Å². The van der Waals surface area contributed by atoms with Crippen LogP contribution in [0.25, 0.3) is 0 Å². The van der Waals surface area contributed by atoms with Gasteiger partial charge in [-0.3, -0.25) is 14.5 Å². The third kappa shape index (κ3) is 5.61. The fraction of sp³-hybridized carbons (Fsp3) is 0.261. The van der Waals surface area contributed by atoms with Gasteiger partial charge >= 0.3 is 0 Å². The molecule has 1 aromatic carbocycles. The number of methoxy groups -OCH3 is 1. The highest BCUT2D eigenvalue weighted by Gasteiger charge is 2.22. The van der Waals surface area contributed by atoms with Crippen molar-refractivity contribution in [2.24, 2.45) is 0 Å². The number of ether oxygens (including phenoxy) is 1. The Morgan fingerprint density at radius 3 is 2.68 bits per heavy atom. The molecule has 0 spiro atoms. The topological polar surface area (TPSA) is 126 Å². The van der Waals surface area contributed by atoms with Crippen molar-refractivity contribution in [1.82, 2.24) is 20.6 Å². The number of nitrogens with zero attached hydrogens (tertiary/aromatic N) is 3. The largest absolute Gasteiger partial charge is 0.497 e. The van der Waals surface area contributed by atoms with E-state index in [9.17, 15) is 13.2 Å². The molecular formula is C23H26N6O4S. The average molecular weight is 483 g/mol. The van der Waals surface area contributed by atoms with Crippen LogP contribution in [-0.2, 0) is 16.6 Å². The Bertz CT molecular complexity index is 1250. The van der Waals surface area contributed by atoms with Crippen LogP contribution in [0.4, 0.5) is 11.5 Å². The molecule has 3 N–H and O–H groups in total. The van der Waals surface area contributed by atoms with E-state index >= 15 is 0 Å². The van der Waals surface area contributed by atoms with Gasteiger partial charge in [-0.15, -0.1) is 0 Å². The van der Waals surface area contributed by atoms with E-state index in [0.29, 0.717) is 30.4 Å². The Balaban J connectivity index is 1.61. The van der Waals surface area contributed by atoms with E-state index in [2.05, 4.69) is 25.3 Å². The molecule has 178 valence electrons. The second-order valence-electron chi connectivity index (χ2n) is 7.62. The number of nitrogens with one attached hydrogen (secondary N) is 3. The first-order chi connectivity index (χ1) is 16.5. The predicted octanol–water partition coefficient (Wildman–Crippen LogP) is 1.63. The van der Waals surface area contributed by atoms with Crippen LogP contribution in [0.2, 0.25) is 0 Å². The fourth-order valence-electron chi connectivity index (χ4n) is 3.56. The Morgan fingerprint density at radius 1 is 1.12 bits per heavy atom. The van der Waals surface area contributed by atoms with Crippen molar-refractivity contribution in [1.29, 1.82) is 0 Å². The summed E-state index contributed by atoms with van der Waals surface area (Å²) >= 11 is 0. The summed E-state index contributed by atoms with van der Waals surface area (Å²) in [6.45, 7) is 3.13. The van der Waals surface area contributed by atoms with Gasteiger partial charge in [0.1, 0.15) is 11.6 Å². The SMILES string of the molecule is COc1cccc(S(=O)(=O)Nc2cnc(N3CCNCC3)c(C(=O)NCc3ccccn3)c2)c1. The van der Waals surface area contributed by atoms with Crippen LogP contribution >= 0.6 is 0 Å². The maximum absolute atomic E-state index is 13.1. The van der Waals surface area contributed by atoms with E-state index in [0.717, 1.165) is 13.1 Å². The lowest BCUT2D eigenvalue weighted by molar-refractivity contribution is 0.0950. The zero-order valence-corrected chi connectivity index (χ0v) is 19.5. The Hall–Kier alpha value is -3.70. The van der Waals surface area contributed by atoms with Crippen molar-refractivity contribution in [3.63, 3.8) is 0 Å². The number of pyridine rings is 2. The van der Waals surface area contributed by atoms with Gasteiger partial charge in [0.05, 0.1) is 41.7 Å². The van der Waals surface area contributed by atoms with Gasteiger partial charge in [0, 0.05) is 38.4 Å². The monoisotopic (exact) mass is 482 g/mol. The molecule has 1 aliphatic rings. The minimum Gasteiger partial charge on any atom is -0.497 e. The molecule has 1 amide bonds. The summed E-state index contributed by atoms with van der Waals surface area (Å²) in [5.74, 6) is 0.558. The van der Waals surface area contributed by atoms with Crippen LogP contribution in [-0.4, -0.2) is 57.6 Å². The molecule has 0 aliphatic carbocycles. The smallest absolute Gasteiger partial charge is 0.262 e. The molecule has 11 heteroatoms. The van der Waals surface area contributed by atoms with E-state index in [4.69, 9.17) is 4.74 Å². The quantitative estimate of drug-likeness (QED) is 0.442. The van der Waals surface area contributed by atoms with Gasteiger partial charge in [0.2, 0.25) is 0 Å². The summed E-state index contributed by atoms with van der Waals surface area (Å²) in [5, 5.41) is 6.12. The van der Waals surface area contributed by atoms with E-state index in [1.807, 2.05) is 17.0 Å². The first-order valence-corrected chi connectivity index (χ1v) is 12.3. The number of carbonyl (C=O) groups excluding carboxylic acids is 1. The van der Waals surface area contributed by atoms with Crippen molar-refractivity contribution < 1.29 is 17.9 Å². The number of amides is 1. The molecule has 0 atom stereocenters. The summed E-state index contributed by atoms with van der Waals surface area (Å²) < 4.78 is 33.5. The highest BCUT2D eigenvalue weighted by molar-refractivity contribution is 7.92. The second kappa shape index (κ2) is 10.5. The van der Waals surface area contributed by atoms with Crippen LogP contribution < -0.4 is 25.0 Å². The summed E-state index contributed by atoms with van der Waals surface area (Å²) in [4.78, 5) is 23.9. The van der Waals surface area contributed by atoms with Gasteiger partial charge in [-0.2, -0.15) is 0 Å². The maximum atomic E-state index is 13.1. The number of piperazine rings is 1. The number of carbonyl (C=O) groups is 1. The lowest BCUT2D eigenvalue weighted by Crippen LogP contribution is -2.44. The van der Waals surface area contributed by atoms with Gasteiger partial charge in [0.15, 0.2) is 0 Å². The molecule has 4 rings (SSSR count). The second-order valence-corrected chi connectivity index (χ2v) is 9.30. The molecule has 3 aromatic rings. The third-order valence-corrected chi connectivity index (χ3v) is 6.67. The van der Waals surface area contributed by atoms with Crippen molar-refractivity contribution in [2.75, 3.05) is 42.9 Å². The first kappa shape index (κ1) is 23.5. The van der Waals surface area contributed by atoms with Crippen LogP contribution in [0.15, 0.2) is 65.8 Å². The maximum Gasteiger partial charge on any atom is 0.262 e. The number of benzene rings is 1. The highest BCUT2D eigenvalue weighted by Crippen LogP contribution is 2.25. The summed E-state index contributed by atoms with van der Waals surface area (Å²) in [6, 6.07) is 13.1. The summed E-state index contributed by atoms with van der Waals surface area (Å²) in [5.41, 5.74) is 1.18. The Kier molecular flexibility index (Phi) is 7.24. The van der Waals surface area contributed by atoms with Gasteiger partial charge in [-0.1, -0.05) is 12.1 Å². The molecule has 0 radical (unpaired) electrons. The number of hydrogen-bond donors (Lipinski definition) is 3. The van der Waals surface area contributed by atoms with Crippen molar-refractivity contribution in [2.45, 2.75) is 11.4 Å². The molecule has 3 heterocycles. The van der Waals surface area contributed by atoms with Crippen molar-refractivity contribution in [3.05, 3.63) is 72.2 Å². The van der Waals surface area contributed by atoms with Crippen molar-refractivity contribution in [3.8, 4) is 5.75 Å². The zero-order chi connectivity index (χ0) is 24.0. The number of hydrogen-bond acceptors (Lipinski definition) is 8. The van der Waals surface area contributed by atoms with Gasteiger partial charge in [0.25, 0.3) is 15.9 Å². The van der Waals surface area contributed by atoms with Crippen LogP contribution in [0.5, 0.6) is 5.75 Å². The summed E-state index contributed by atoms with van der Waals surface area (Å²) in [7, 11) is -2.45. The normalized spacial score (nSPS) is 13.9. The molecule has 2 aromatic heterocycles. The Labute approximate surface area is 198 Å². The van der Waals surface area contributed by atoms with Gasteiger partial charge in [-0.25, -0.2) is 13.4 Å². The minimum absolute atomic E-state index is 0.0409. The zero-order valence-electron chi connectivity index (χ0n) is 18.7.